The van der Waals surface area contributed by atoms with Crippen LogP contribution in [0.3, 0.4) is 0 Å². The normalized spacial score (nSPS) is 29.6. The summed E-state index contributed by atoms with van der Waals surface area (Å²) >= 11 is 0. The maximum absolute atomic E-state index is 5.79. The third-order valence-electron chi connectivity index (χ3n) is 4.97. The van der Waals surface area contributed by atoms with Crippen molar-refractivity contribution in [1.29, 1.82) is 0 Å². The SMILES string of the molecule is CC1(C)CN(CCN2CCC[C@H](C(C)(C)C)C2)CCO1. The van der Waals surface area contributed by atoms with E-state index in [0.717, 1.165) is 25.6 Å². The van der Waals surface area contributed by atoms with Crippen LogP contribution in [0.1, 0.15) is 47.5 Å². The highest BCUT2D eigenvalue weighted by molar-refractivity contribution is 4.83. The Morgan fingerprint density at radius 2 is 1.80 bits per heavy atom. The van der Waals surface area contributed by atoms with E-state index in [-0.39, 0.29) is 5.60 Å². The first kappa shape index (κ1) is 16.3. The predicted molar refractivity (Wildman–Crippen MR) is 85.1 cm³/mol. The van der Waals surface area contributed by atoms with Gasteiger partial charge in [-0.1, -0.05) is 20.8 Å². The molecule has 2 heterocycles. The van der Waals surface area contributed by atoms with Gasteiger partial charge in [0.1, 0.15) is 0 Å². The van der Waals surface area contributed by atoms with Crippen molar-refractivity contribution >= 4 is 0 Å². The smallest absolute Gasteiger partial charge is 0.0753 e. The lowest BCUT2D eigenvalue weighted by atomic mass is 9.76. The van der Waals surface area contributed by atoms with Crippen LogP contribution >= 0.6 is 0 Å². The van der Waals surface area contributed by atoms with Crippen LogP contribution in [0, 0.1) is 11.3 Å². The topological polar surface area (TPSA) is 15.7 Å². The van der Waals surface area contributed by atoms with Crippen molar-refractivity contribution < 1.29 is 4.74 Å². The summed E-state index contributed by atoms with van der Waals surface area (Å²) in [5.74, 6) is 0.859. The molecule has 0 amide bonds. The Balaban J connectivity index is 1.76. The summed E-state index contributed by atoms with van der Waals surface area (Å²) in [5, 5.41) is 0. The molecular formula is C17H34N2O. The Labute approximate surface area is 125 Å². The summed E-state index contributed by atoms with van der Waals surface area (Å²) in [6.07, 6.45) is 2.78. The molecule has 3 heteroatoms. The van der Waals surface area contributed by atoms with Gasteiger partial charge in [-0.25, -0.2) is 0 Å². The molecule has 2 rings (SSSR count). The second kappa shape index (κ2) is 6.33. The molecule has 2 fully saturated rings. The van der Waals surface area contributed by atoms with Gasteiger partial charge in [-0.2, -0.15) is 0 Å². The van der Waals surface area contributed by atoms with E-state index in [1.807, 2.05) is 0 Å². The van der Waals surface area contributed by atoms with Crippen molar-refractivity contribution in [2.75, 3.05) is 45.9 Å². The lowest BCUT2D eigenvalue weighted by Gasteiger charge is -2.42. The van der Waals surface area contributed by atoms with E-state index < -0.39 is 0 Å². The van der Waals surface area contributed by atoms with Crippen molar-refractivity contribution in [3.8, 4) is 0 Å². The minimum atomic E-state index is 0.0358. The van der Waals surface area contributed by atoms with Crippen LogP contribution in [0.25, 0.3) is 0 Å². The highest BCUT2D eigenvalue weighted by Gasteiger charge is 2.30. The second-order valence-corrected chi connectivity index (χ2v) is 8.39. The fraction of sp³-hybridized carbons (Fsp3) is 1.00. The molecule has 2 aliphatic rings. The fourth-order valence-electron chi connectivity index (χ4n) is 3.55. The quantitative estimate of drug-likeness (QED) is 0.791. The monoisotopic (exact) mass is 282 g/mol. The average molecular weight is 282 g/mol. The molecule has 0 radical (unpaired) electrons. The molecule has 3 nitrogen and oxygen atoms in total. The summed E-state index contributed by atoms with van der Waals surface area (Å²) in [4.78, 5) is 5.26. The molecule has 0 N–H and O–H groups in total. The van der Waals surface area contributed by atoms with E-state index in [4.69, 9.17) is 4.74 Å². The van der Waals surface area contributed by atoms with Crippen LogP contribution in [0.2, 0.25) is 0 Å². The predicted octanol–water partition coefficient (Wildman–Crippen LogP) is 2.86. The Morgan fingerprint density at radius 1 is 1.10 bits per heavy atom. The Bertz CT molecular complexity index is 309. The molecule has 0 aliphatic carbocycles. The fourth-order valence-corrected chi connectivity index (χ4v) is 3.55. The second-order valence-electron chi connectivity index (χ2n) is 8.39. The molecule has 1 atom stereocenters. The molecule has 0 unspecified atom stereocenters. The number of ether oxygens (including phenoxy) is 1. The molecule has 0 saturated carbocycles. The highest BCUT2D eigenvalue weighted by atomic mass is 16.5. The molecule has 0 aromatic rings. The molecular weight excluding hydrogens is 248 g/mol. The number of hydrogen-bond acceptors (Lipinski definition) is 3. The Morgan fingerprint density at radius 3 is 2.45 bits per heavy atom. The lowest BCUT2D eigenvalue weighted by Crippen LogP contribution is -2.51. The lowest BCUT2D eigenvalue weighted by molar-refractivity contribution is -0.0876. The van der Waals surface area contributed by atoms with Crippen molar-refractivity contribution in [3.63, 3.8) is 0 Å². The zero-order valence-electron chi connectivity index (χ0n) is 14.2. The van der Waals surface area contributed by atoms with Gasteiger partial charge in [0.25, 0.3) is 0 Å². The van der Waals surface area contributed by atoms with Gasteiger partial charge in [-0.05, 0) is 44.6 Å². The maximum atomic E-state index is 5.79. The zero-order valence-corrected chi connectivity index (χ0v) is 14.2. The minimum absolute atomic E-state index is 0.0358. The van der Waals surface area contributed by atoms with E-state index in [1.165, 1.54) is 39.0 Å². The number of likely N-dealkylation sites (tertiary alicyclic amines) is 1. The summed E-state index contributed by atoms with van der Waals surface area (Å²) < 4.78 is 5.79. The van der Waals surface area contributed by atoms with Crippen molar-refractivity contribution in [2.24, 2.45) is 11.3 Å². The molecule has 118 valence electrons. The van der Waals surface area contributed by atoms with Gasteiger partial charge in [0.15, 0.2) is 0 Å². The van der Waals surface area contributed by atoms with Gasteiger partial charge >= 0.3 is 0 Å². The van der Waals surface area contributed by atoms with Gasteiger partial charge in [-0.15, -0.1) is 0 Å². The van der Waals surface area contributed by atoms with Crippen LogP contribution in [-0.2, 0) is 4.74 Å². The van der Waals surface area contributed by atoms with Crippen molar-refractivity contribution in [1.82, 2.24) is 9.80 Å². The van der Waals surface area contributed by atoms with Crippen molar-refractivity contribution in [2.45, 2.75) is 53.1 Å². The van der Waals surface area contributed by atoms with E-state index >= 15 is 0 Å². The molecule has 0 bridgehead atoms. The van der Waals surface area contributed by atoms with Gasteiger partial charge in [0.2, 0.25) is 0 Å². The van der Waals surface area contributed by atoms with Gasteiger partial charge in [-0.3, -0.25) is 4.90 Å². The van der Waals surface area contributed by atoms with Crippen LogP contribution in [0.5, 0.6) is 0 Å². The number of nitrogens with zero attached hydrogens (tertiary/aromatic N) is 2. The molecule has 0 spiro atoms. The van der Waals surface area contributed by atoms with Gasteiger partial charge < -0.3 is 9.64 Å². The molecule has 0 aromatic carbocycles. The van der Waals surface area contributed by atoms with Crippen LogP contribution in [0.15, 0.2) is 0 Å². The number of rotatable bonds is 3. The third kappa shape index (κ3) is 4.71. The highest BCUT2D eigenvalue weighted by Crippen LogP contribution is 2.33. The molecule has 2 saturated heterocycles. The van der Waals surface area contributed by atoms with E-state index in [0.29, 0.717) is 5.41 Å². The first-order chi connectivity index (χ1) is 9.26. The molecule has 2 aliphatic heterocycles. The zero-order chi connectivity index (χ0) is 14.8. The summed E-state index contributed by atoms with van der Waals surface area (Å²) in [5.41, 5.74) is 0.494. The minimum Gasteiger partial charge on any atom is -0.373 e. The van der Waals surface area contributed by atoms with Crippen molar-refractivity contribution in [3.05, 3.63) is 0 Å². The third-order valence-corrected chi connectivity index (χ3v) is 4.97. The Hall–Kier alpha value is -0.120. The van der Waals surface area contributed by atoms with Crippen LogP contribution in [0.4, 0.5) is 0 Å². The van der Waals surface area contributed by atoms with E-state index in [9.17, 15) is 0 Å². The standard InChI is InChI=1S/C17H34N2O/c1-16(2,3)15-7-6-8-18(13-15)9-10-19-11-12-20-17(4,5)14-19/h15H,6-14H2,1-5H3/t15-/m0/s1. The summed E-state index contributed by atoms with van der Waals surface area (Å²) in [6, 6.07) is 0. The number of hydrogen-bond donors (Lipinski definition) is 0. The van der Waals surface area contributed by atoms with E-state index in [2.05, 4.69) is 44.4 Å². The average Bonchev–Trinajstić information content (AvgIpc) is 2.35. The number of morpholine rings is 1. The maximum Gasteiger partial charge on any atom is 0.0753 e. The molecule has 20 heavy (non-hydrogen) atoms. The van der Waals surface area contributed by atoms with Crippen LogP contribution in [-0.4, -0.2) is 61.3 Å². The van der Waals surface area contributed by atoms with E-state index in [1.54, 1.807) is 0 Å². The first-order valence-electron chi connectivity index (χ1n) is 8.35. The number of piperidine rings is 1. The Kier molecular flexibility index (Phi) is 5.14. The van der Waals surface area contributed by atoms with Gasteiger partial charge in [0.05, 0.1) is 12.2 Å². The summed E-state index contributed by atoms with van der Waals surface area (Å²) in [6.45, 7) is 19.7. The molecule has 0 aromatic heterocycles. The first-order valence-corrected chi connectivity index (χ1v) is 8.35. The van der Waals surface area contributed by atoms with Crippen LogP contribution < -0.4 is 0 Å². The largest absolute Gasteiger partial charge is 0.373 e. The van der Waals surface area contributed by atoms with Gasteiger partial charge in [0, 0.05) is 32.7 Å². The summed E-state index contributed by atoms with van der Waals surface area (Å²) in [7, 11) is 0.